The van der Waals surface area contributed by atoms with Gasteiger partial charge in [-0.25, -0.2) is 0 Å². The third-order valence-electron chi connectivity index (χ3n) is 3.29. The average Bonchev–Trinajstić information content (AvgIpc) is 2.93. The van der Waals surface area contributed by atoms with Crippen LogP contribution in [0.25, 0.3) is 0 Å². The molecule has 3 N–H and O–H groups in total. The van der Waals surface area contributed by atoms with Crippen molar-refractivity contribution < 1.29 is 9.53 Å². The van der Waals surface area contributed by atoms with Crippen LogP contribution in [0.4, 0.5) is 11.4 Å². The summed E-state index contributed by atoms with van der Waals surface area (Å²) in [6, 6.07) is 7.19. The molecule has 1 heterocycles. The molecule has 1 fully saturated rings. The molecule has 2 rings (SSSR count). The first kappa shape index (κ1) is 13.8. The van der Waals surface area contributed by atoms with Crippen molar-refractivity contribution in [2.24, 2.45) is 5.73 Å². The highest BCUT2D eigenvalue weighted by Crippen LogP contribution is 2.28. The van der Waals surface area contributed by atoms with Crippen molar-refractivity contribution in [2.75, 3.05) is 37.0 Å². The lowest BCUT2D eigenvalue weighted by molar-refractivity contribution is -0.118. The Morgan fingerprint density at radius 2 is 2.11 bits per heavy atom. The summed E-state index contributed by atoms with van der Waals surface area (Å²) in [5.74, 6) is -0.214. The van der Waals surface area contributed by atoms with Crippen molar-refractivity contribution in [2.45, 2.75) is 18.9 Å². The number of methoxy groups -OCH3 is 1. The second kappa shape index (κ2) is 6.54. The maximum Gasteiger partial charge on any atom is 0.243 e. The average molecular weight is 263 g/mol. The molecule has 1 aliphatic heterocycles. The first-order valence-electron chi connectivity index (χ1n) is 6.61. The number of carbonyl (C=O) groups is 1. The lowest BCUT2D eigenvalue weighted by atomic mass is 10.2. The van der Waals surface area contributed by atoms with Crippen LogP contribution in [0.1, 0.15) is 12.8 Å². The first-order chi connectivity index (χ1) is 9.22. The summed E-state index contributed by atoms with van der Waals surface area (Å²) in [4.78, 5) is 14.2. The van der Waals surface area contributed by atoms with Crippen LogP contribution in [0, 0.1) is 0 Å². The van der Waals surface area contributed by atoms with Gasteiger partial charge in [0, 0.05) is 20.2 Å². The van der Waals surface area contributed by atoms with E-state index in [0.717, 1.165) is 24.5 Å². The monoisotopic (exact) mass is 263 g/mol. The maximum atomic E-state index is 11.9. The van der Waals surface area contributed by atoms with Crippen LogP contribution in [-0.4, -0.2) is 38.8 Å². The fourth-order valence-corrected chi connectivity index (χ4v) is 2.29. The molecule has 1 aromatic rings. The number of amides is 1. The van der Waals surface area contributed by atoms with E-state index >= 15 is 0 Å². The lowest BCUT2D eigenvalue weighted by Crippen LogP contribution is -2.39. The Hall–Kier alpha value is -1.59. The molecule has 19 heavy (non-hydrogen) atoms. The molecule has 0 spiro atoms. The zero-order chi connectivity index (χ0) is 13.7. The second-order valence-corrected chi connectivity index (χ2v) is 4.76. The molecular formula is C14H21N3O2. The summed E-state index contributed by atoms with van der Waals surface area (Å²) in [5, 5.41) is 2.89. The largest absolute Gasteiger partial charge is 0.383 e. The normalized spacial score (nSPS) is 16.4. The molecule has 1 aliphatic rings. The van der Waals surface area contributed by atoms with Gasteiger partial charge in [0.1, 0.15) is 6.04 Å². The number of nitrogens with zero attached hydrogens (tertiary/aromatic N) is 1. The lowest BCUT2D eigenvalue weighted by Gasteiger charge is -2.22. The first-order valence-corrected chi connectivity index (χ1v) is 6.61. The molecule has 1 atom stereocenters. The van der Waals surface area contributed by atoms with Gasteiger partial charge in [0.05, 0.1) is 18.0 Å². The Morgan fingerprint density at radius 3 is 2.79 bits per heavy atom. The Labute approximate surface area is 113 Å². The van der Waals surface area contributed by atoms with Crippen LogP contribution >= 0.6 is 0 Å². The van der Waals surface area contributed by atoms with E-state index in [0.29, 0.717) is 0 Å². The summed E-state index contributed by atoms with van der Waals surface area (Å²) >= 11 is 0. The molecule has 0 unspecified atom stereocenters. The van der Waals surface area contributed by atoms with Crippen molar-refractivity contribution in [3.63, 3.8) is 0 Å². The Bertz CT molecular complexity index is 430. The molecule has 5 heteroatoms. The number of rotatable bonds is 5. The fraction of sp³-hybridized carbons (Fsp3) is 0.500. The van der Waals surface area contributed by atoms with Gasteiger partial charge < -0.3 is 20.7 Å². The SMILES string of the molecule is COC[C@@H](N)C(=O)Nc1ccccc1N1CCCC1. The van der Waals surface area contributed by atoms with Crippen LogP contribution in [0.5, 0.6) is 0 Å². The van der Waals surface area contributed by atoms with Gasteiger partial charge in [-0.15, -0.1) is 0 Å². The smallest absolute Gasteiger partial charge is 0.243 e. The van der Waals surface area contributed by atoms with Gasteiger partial charge in [-0.2, -0.15) is 0 Å². The summed E-state index contributed by atoms with van der Waals surface area (Å²) in [6.45, 7) is 2.30. The highest BCUT2D eigenvalue weighted by Gasteiger charge is 2.18. The highest BCUT2D eigenvalue weighted by molar-refractivity contribution is 5.97. The van der Waals surface area contributed by atoms with E-state index in [1.165, 1.54) is 20.0 Å². The number of para-hydroxylation sites is 2. The Kier molecular flexibility index (Phi) is 4.76. The van der Waals surface area contributed by atoms with Crippen LogP contribution in [0.15, 0.2) is 24.3 Å². The van der Waals surface area contributed by atoms with E-state index in [9.17, 15) is 4.79 Å². The minimum Gasteiger partial charge on any atom is -0.383 e. The number of nitrogens with one attached hydrogen (secondary N) is 1. The van der Waals surface area contributed by atoms with Gasteiger partial charge >= 0.3 is 0 Å². The van der Waals surface area contributed by atoms with Gasteiger partial charge in [-0.1, -0.05) is 12.1 Å². The third kappa shape index (κ3) is 3.45. The van der Waals surface area contributed by atoms with E-state index < -0.39 is 6.04 Å². The number of hydrogen-bond donors (Lipinski definition) is 2. The zero-order valence-electron chi connectivity index (χ0n) is 11.3. The molecule has 1 amide bonds. The van der Waals surface area contributed by atoms with E-state index in [2.05, 4.69) is 10.2 Å². The molecule has 0 radical (unpaired) electrons. The topological polar surface area (TPSA) is 67.6 Å². The summed E-state index contributed by atoms with van der Waals surface area (Å²) in [5.41, 5.74) is 7.62. The van der Waals surface area contributed by atoms with Crippen molar-refractivity contribution in [1.82, 2.24) is 0 Å². The molecule has 1 saturated heterocycles. The predicted octanol–water partition coefficient (Wildman–Crippen LogP) is 1.20. The zero-order valence-corrected chi connectivity index (χ0v) is 11.3. The second-order valence-electron chi connectivity index (χ2n) is 4.76. The van der Waals surface area contributed by atoms with Crippen LogP contribution < -0.4 is 16.0 Å². The summed E-state index contributed by atoms with van der Waals surface area (Å²) < 4.78 is 4.90. The van der Waals surface area contributed by atoms with Gasteiger partial charge in [0.15, 0.2) is 0 Å². The molecule has 0 bridgehead atoms. The summed E-state index contributed by atoms with van der Waals surface area (Å²) in [7, 11) is 1.53. The Morgan fingerprint density at radius 1 is 1.42 bits per heavy atom. The van der Waals surface area contributed by atoms with Gasteiger partial charge in [-0.05, 0) is 25.0 Å². The molecule has 104 valence electrons. The molecule has 1 aromatic carbocycles. The molecule has 5 nitrogen and oxygen atoms in total. The number of carbonyl (C=O) groups excluding carboxylic acids is 1. The van der Waals surface area contributed by atoms with Crippen molar-refractivity contribution in [3.8, 4) is 0 Å². The van der Waals surface area contributed by atoms with Gasteiger partial charge in [0.2, 0.25) is 5.91 Å². The number of anilines is 2. The van der Waals surface area contributed by atoms with E-state index in [1.807, 2.05) is 24.3 Å². The molecule has 0 saturated carbocycles. The minimum atomic E-state index is -0.642. The van der Waals surface area contributed by atoms with E-state index in [4.69, 9.17) is 10.5 Å². The predicted molar refractivity (Wildman–Crippen MR) is 76.4 cm³/mol. The number of hydrogen-bond acceptors (Lipinski definition) is 4. The summed E-state index contributed by atoms with van der Waals surface area (Å²) in [6.07, 6.45) is 2.40. The number of benzene rings is 1. The minimum absolute atomic E-state index is 0.214. The van der Waals surface area contributed by atoms with Crippen LogP contribution in [0.2, 0.25) is 0 Å². The van der Waals surface area contributed by atoms with E-state index in [1.54, 1.807) is 0 Å². The molecular weight excluding hydrogens is 242 g/mol. The quantitative estimate of drug-likeness (QED) is 0.837. The number of ether oxygens (including phenoxy) is 1. The third-order valence-corrected chi connectivity index (χ3v) is 3.29. The molecule has 0 aromatic heterocycles. The van der Waals surface area contributed by atoms with Crippen LogP contribution in [0.3, 0.4) is 0 Å². The van der Waals surface area contributed by atoms with Crippen LogP contribution in [-0.2, 0) is 9.53 Å². The van der Waals surface area contributed by atoms with Crippen molar-refractivity contribution >= 4 is 17.3 Å². The Balaban J connectivity index is 2.09. The standard InChI is InChI=1S/C14H21N3O2/c1-19-10-11(15)14(18)16-12-6-2-3-7-13(12)17-8-4-5-9-17/h2-3,6-7,11H,4-5,8-10,15H2,1H3,(H,16,18)/t11-/m1/s1. The van der Waals surface area contributed by atoms with Gasteiger partial charge in [-0.3, -0.25) is 4.79 Å². The number of nitrogens with two attached hydrogens (primary N) is 1. The van der Waals surface area contributed by atoms with Gasteiger partial charge in [0.25, 0.3) is 0 Å². The van der Waals surface area contributed by atoms with E-state index in [-0.39, 0.29) is 12.5 Å². The fourth-order valence-electron chi connectivity index (χ4n) is 2.29. The maximum absolute atomic E-state index is 11.9. The van der Waals surface area contributed by atoms with Crippen molar-refractivity contribution in [1.29, 1.82) is 0 Å². The highest BCUT2D eigenvalue weighted by atomic mass is 16.5. The van der Waals surface area contributed by atoms with Crippen molar-refractivity contribution in [3.05, 3.63) is 24.3 Å². The molecule has 0 aliphatic carbocycles.